The zero-order valence-electron chi connectivity index (χ0n) is 28.7. The molecule has 7 aromatic carbocycles. The van der Waals surface area contributed by atoms with Crippen molar-refractivity contribution in [1.82, 2.24) is 19.1 Å². The number of nitrogen functional groups attached to an aromatic ring is 1. The first-order chi connectivity index (χ1) is 26.2. The Labute approximate surface area is 306 Å². The molecule has 53 heavy (non-hydrogen) atoms. The molecular formula is C47H33N5O. The molecule has 0 unspecified atom stereocenters. The van der Waals surface area contributed by atoms with Crippen molar-refractivity contribution in [3.05, 3.63) is 181 Å². The lowest BCUT2D eigenvalue weighted by atomic mass is 10.1. The van der Waals surface area contributed by atoms with E-state index >= 15 is 0 Å². The minimum atomic E-state index is 0.377. The van der Waals surface area contributed by atoms with Crippen LogP contribution < -0.4 is 10.5 Å². The van der Waals surface area contributed by atoms with E-state index in [1.165, 1.54) is 10.8 Å². The molecule has 0 amide bonds. The van der Waals surface area contributed by atoms with Gasteiger partial charge in [-0.15, -0.1) is 0 Å². The maximum Gasteiger partial charge on any atom is 0.235 e. The summed E-state index contributed by atoms with van der Waals surface area (Å²) in [5, 5.41) is 4.28. The van der Waals surface area contributed by atoms with E-state index in [2.05, 4.69) is 124 Å². The van der Waals surface area contributed by atoms with E-state index < -0.39 is 0 Å². The summed E-state index contributed by atoms with van der Waals surface area (Å²) in [6, 6.07) is 60.4. The van der Waals surface area contributed by atoms with Crippen LogP contribution in [0.1, 0.15) is 5.56 Å². The fourth-order valence-electron chi connectivity index (χ4n) is 7.63. The number of aromatic nitrogens is 4. The number of nitrogens with zero attached hydrogens (tertiary/aromatic N) is 4. The van der Waals surface area contributed by atoms with E-state index in [0.717, 1.165) is 66.6 Å². The molecule has 0 aliphatic rings. The zero-order chi connectivity index (χ0) is 35.3. The van der Waals surface area contributed by atoms with Gasteiger partial charge in [0.15, 0.2) is 5.75 Å². The Kier molecular flexibility index (Phi) is 7.25. The molecule has 0 bridgehead atoms. The second-order valence-corrected chi connectivity index (χ2v) is 13.2. The predicted octanol–water partition coefficient (Wildman–Crippen LogP) is 11.2. The van der Waals surface area contributed by atoms with Gasteiger partial charge < -0.3 is 15.0 Å². The van der Waals surface area contributed by atoms with Crippen molar-refractivity contribution in [3.8, 4) is 39.9 Å². The highest BCUT2D eigenvalue weighted by molar-refractivity contribution is 6.17. The van der Waals surface area contributed by atoms with E-state index in [9.17, 15) is 0 Å². The maximum absolute atomic E-state index is 6.80. The molecule has 0 aliphatic heterocycles. The fraction of sp³-hybridized carbons (Fsp3) is 0.0213. The normalized spacial score (nSPS) is 11.5. The van der Waals surface area contributed by atoms with Crippen LogP contribution >= 0.6 is 0 Å². The lowest BCUT2D eigenvalue weighted by Crippen LogP contribution is -2.06. The topological polar surface area (TPSA) is 70.9 Å². The number of anilines is 1. The molecule has 3 aromatic heterocycles. The molecule has 0 spiro atoms. The van der Waals surface area contributed by atoms with Crippen LogP contribution in [0.5, 0.6) is 5.75 Å². The third-order valence-electron chi connectivity index (χ3n) is 10.0. The Morgan fingerprint density at radius 1 is 0.491 bits per heavy atom. The van der Waals surface area contributed by atoms with E-state index in [-0.39, 0.29) is 0 Å². The molecule has 0 aliphatic carbocycles. The van der Waals surface area contributed by atoms with Gasteiger partial charge in [0, 0.05) is 27.3 Å². The maximum atomic E-state index is 6.80. The second kappa shape index (κ2) is 12.5. The fourth-order valence-corrected chi connectivity index (χ4v) is 7.63. The van der Waals surface area contributed by atoms with Gasteiger partial charge in [0.1, 0.15) is 6.61 Å². The summed E-state index contributed by atoms with van der Waals surface area (Å²) in [4.78, 5) is 10.7. The Morgan fingerprint density at radius 3 is 1.66 bits per heavy atom. The first-order valence-electron chi connectivity index (χ1n) is 17.7. The number of fused-ring (bicyclic) bond motifs is 6. The molecule has 10 rings (SSSR count). The SMILES string of the molecule is Nc1ccc2c(c1OCc1ccccc1)c1cccc(-n3c4ccccc4c4ccccc43)c1n2-c1nc(-c2ccccc2)cc(-c2ccccc2)n1. The van der Waals surface area contributed by atoms with Crippen LogP contribution in [0.2, 0.25) is 0 Å². The molecule has 6 nitrogen and oxygen atoms in total. The Hall–Kier alpha value is -7.18. The number of nitrogens with two attached hydrogens (primary N) is 1. The van der Waals surface area contributed by atoms with Crippen LogP contribution in [0.3, 0.4) is 0 Å². The number of hydrogen-bond donors (Lipinski definition) is 1. The van der Waals surface area contributed by atoms with Crippen molar-refractivity contribution in [1.29, 1.82) is 0 Å². The summed E-state index contributed by atoms with van der Waals surface area (Å²) < 4.78 is 11.2. The minimum Gasteiger partial charge on any atom is -0.486 e. The Bertz CT molecular complexity index is 2840. The van der Waals surface area contributed by atoms with Crippen molar-refractivity contribution in [2.24, 2.45) is 0 Å². The van der Waals surface area contributed by atoms with Gasteiger partial charge in [0.2, 0.25) is 5.95 Å². The van der Waals surface area contributed by atoms with Crippen LogP contribution in [0.4, 0.5) is 5.69 Å². The minimum absolute atomic E-state index is 0.377. The first-order valence-corrected chi connectivity index (χ1v) is 17.7. The van der Waals surface area contributed by atoms with Gasteiger partial charge in [-0.05, 0) is 42.0 Å². The van der Waals surface area contributed by atoms with Gasteiger partial charge in [0.05, 0.1) is 50.2 Å². The number of para-hydroxylation sites is 3. The summed E-state index contributed by atoms with van der Waals surface area (Å²) >= 11 is 0. The van der Waals surface area contributed by atoms with Crippen molar-refractivity contribution >= 4 is 49.3 Å². The molecule has 0 saturated carbocycles. The average Bonchev–Trinajstić information content (AvgIpc) is 3.75. The third-order valence-corrected chi connectivity index (χ3v) is 10.0. The highest BCUT2D eigenvalue weighted by Gasteiger charge is 2.25. The van der Waals surface area contributed by atoms with E-state index in [1.54, 1.807) is 0 Å². The van der Waals surface area contributed by atoms with Crippen LogP contribution in [-0.4, -0.2) is 19.1 Å². The molecule has 2 N–H and O–H groups in total. The monoisotopic (exact) mass is 683 g/mol. The smallest absolute Gasteiger partial charge is 0.235 e. The predicted molar refractivity (Wildman–Crippen MR) is 217 cm³/mol. The van der Waals surface area contributed by atoms with Gasteiger partial charge in [-0.2, -0.15) is 0 Å². The largest absolute Gasteiger partial charge is 0.486 e. The Balaban J connectivity index is 1.34. The summed E-state index contributed by atoms with van der Waals surface area (Å²) in [6.45, 7) is 0.377. The molecule has 0 radical (unpaired) electrons. The summed E-state index contributed by atoms with van der Waals surface area (Å²) in [5.41, 5.74) is 17.2. The first kappa shape index (κ1) is 30.6. The number of rotatable bonds is 7. The number of ether oxygens (including phenoxy) is 1. The van der Waals surface area contributed by atoms with Gasteiger partial charge >= 0.3 is 0 Å². The van der Waals surface area contributed by atoms with Crippen LogP contribution in [-0.2, 0) is 6.61 Å². The molecular weight excluding hydrogens is 651 g/mol. The quantitative estimate of drug-likeness (QED) is 0.170. The lowest BCUT2D eigenvalue weighted by molar-refractivity contribution is 0.312. The molecule has 3 heterocycles. The van der Waals surface area contributed by atoms with Crippen LogP contribution in [0.25, 0.3) is 77.8 Å². The number of benzene rings is 7. The van der Waals surface area contributed by atoms with Gasteiger partial charge in [0.25, 0.3) is 0 Å². The summed E-state index contributed by atoms with van der Waals surface area (Å²) in [5.74, 6) is 1.19. The van der Waals surface area contributed by atoms with E-state index in [4.69, 9.17) is 20.4 Å². The molecule has 0 fully saturated rings. The van der Waals surface area contributed by atoms with Crippen LogP contribution in [0.15, 0.2) is 176 Å². The van der Waals surface area contributed by atoms with Gasteiger partial charge in [-0.25, -0.2) is 9.97 Å². The van der Waals surface area contributed by atoms with Gasteiger partial charge in [-0.1, -0.05) is 140 Å². The second-order valence-electron chi connectivity index (χ2n) is 13.2. The van der Waals surface area contributed by atoms with E-state index in [0.29, 0.717) is 24.0 Å². The van der Waals surface area contributed by atoms with Crippen molar-refractivity contribution in [2.75, 3.05) is 5.73 Å². The molecule has 10 aromatic rings. The Morgan fingerprint density at radius 2 is 1.04 bits per heavy atom. The highest BCUT2D eigenvalue weighted by Crippen LogP contribution is 2.44. The standard InChI is InChI=1S/C47H33N5O/c48-37-27-28-42-44(46(37)53-30-31-15-4-1-5-16-31)36-23-14-26-43(51-40-24-12-10-21-34(40)35-22-11-13-25-41(35)51)45(36)52(42)47-49-38(32-17-6-2-7-18-32)29-39(50-47)33-19-8-3-9-20-33/h1-29H,30,48H2. The van der Waals surface area contributed by atoms with Crippen molar-refractivity contribution in [2.45, 2.75) is 6.61 Å². The van der Waals surface area contributed by atoms with Crippen LogP contribution in [0, 0.1) is 0 Å². The van der Waals surface area contributed by atoms with E-state index in [1.807, 2.05) is 60.7 Å². The van der Waals surface area contributed by atoms with Crippen molar-refractivity contribution in [3.63, 3.8) is 0 Å². The average molecular weight is 684 g/mol. The lowest BCUT2D eigenvalue weighted by Gasteiger charge is -2.15. The highest BCUT2D eigenvalue weighted by atomic mass is 16.5. The molecule has 0 atom stereocenters. The third kappa shape index (κ3) is 5.11. The zero-order valence-corrected chi connectivity index (χ0v) is 28.7. The number of hydrogen-bond acceptors (Lipinski definition) is 4. The summed E-state index contributed by atoms with van der Waals surface area (Å²) in [7, 11) is 0. The molecule has 252 valence electrons. The summed E-state index contributed by atoms with van der Waals surface area (Å²) in [6.07, 6.45) is 0. The van der Waals surface area contributed by atoms with Crippen molar-refractivity contribution < 1.29 is 4.74 Å². The molecule has 6 heteroatoms. The van der Waals surface area contributed by atoms with Gasteiger partial charge in [-0.3, -0.25) is 4.57 Å². The molecule has 0 saturated heterocycles.